The van der Waals surface area contributed by atoms with Gasteiger partial charge in [0.15, 0.2) is 17.5 Å². The van der Waals surface area contributed by atoms with E-state index in [0.717, 1.165) is 21.3 Å². The molecule has 12 heteroatoms. The summed E-state index contributed by atoms with van der Waals surface area (Å²) in [4.78, 5) is 45.9. The monoisotopic (exact) mass is 535 g/mol. The Bertz CT molecular complexity index is 1860. The Kier molecular flexibility index (Phi) is 6.75. The molecule has 3 aromatic carbocycles. The van der Waals surface area contributed by atoms with Gasteiger partial charge in [-0.15, -0.1) is 0 Å². The minimum Gasteiger partial charge on any atom is -0.497 e. The van der Waals surface area contributed by atoms with Crippen molar-refractivity contribution >= 4 is 22.5 Å². The number of nitrogens with zero attached hydrogens (tertiary/aromatic N) is 3. The van der Waals surface area contributed by atoms with E-state index in [1.54, 1.807) is 54.6 Å². The third kappa shape index (κ3) is 5.17. The number of benzene rings is 3. The summed E-state index contributed by atoms with van der Waals surface area (Å²) < 4.78 is 48.2. The first-order valence-corrected chi connectivity index (χ1v) is 11.6. The summed E-state index contributed by atoms with van der Waals surface area (Å²) in [5.74, 6) is -4.21. The molecule has 0 fully saturated rings. The first-order valence-electron chi connectivity index (χ1n) is 11.6. The fraction of sp³-hybridized carbons (Fsp3) is 0.111. The Labute approximate surface area is 217 Å². The summed E-state index contributed by atoms with van der Waals surface area (Å²) in [7, 11) is 1.49. The maximum absolute atomic E-state index is 13.9. The van der Waals surface area contributed by atoms with Crippen molar-refractivity contribution < 1.29 is 17.9 Å². The number of fused-ring (bicyclic) bond motifs is 1. The maximum atomic E-state index is 13.9. The number of para-hydroxylation sites is 1. The molecule has 0 bridgehead atoms. The molecule has 0 amide bonds. The summed E-state index contributed by atoms with van der Waals surface area (Å²) in [6.07, 6.45) is 0. The molecule has 9 nitrogen and oxygen atoms in total. The second kappa shape index (κ2) is 10.3. The Morgan fingerprint density at radius 1 is 0.897 bits per heavy atom. The number of rotatable bonds is 7. The first kappa shape index (κ1) is 25.5. The van der Waals surface area contributed by atoms with Crippen LogP contribution >= 0.6 is 0 Å². The van der Waals surface area contributed by atoms with Crippen molar-refractivity contribution in [3.05, 3.63) is 127 Å². The predicted octanol–water partition coefficient (Wildman–Crippen LogP) is 3.51. The molecule has 0 saturated heterocycles. The van der Waals surface area contributed by atoms with Crippen LogP contribution in [0.2, 0.25) is 0 Å². The molecule has 0 aliphatic rings. The van der Waals surface area contributed by atoms with Crippen LogP contribution in [0.5, 0.6) is 5.75 Å². The number of aromatic nitrogens is 4. The first-order chi connectivity index (χ1) is 18.7. The topological polar surface area (TPSA) is 111 Å². The molecule has 2 heterocycles. The fourth-order valence-electron chi connectivity index (χ4n) is 4.07. The number of methoxy groups -OCH3 is 1. The van der Waals surface area contributed by atoms with Crippen LogP contribution in [0.3, 0.4) is 0 Å². The Balaban J connectivity index is 1.62. The molecule has 2 aromatic heterocycles. The minimum atomic E-state index is -1.65. The van der Waals surface area contributed by atoms with Gasteiger partial charge in [-0.05, 0) is 59.5 Å². The van der Waals surface area contributed by atoms with Gasteiger partial charge >= 0.3 is 11.4 Å². The van der Waals surface area contributed by atoms with Crippen molar-refractivity contribution in [1.82, 2.24) is 19.1 Å². The highest BCUT2D eigenvalue weighted by Crippen LogP contribution is 2.20. The lowest BCUT2D eigenvalue weighted by molar-refractivity contribution is 0.415. The molecule has 198 valence electrons. The van der Waals surface area contributed by atoms with E-state index < -0.39 is 47.5 Å². The molecule has 0 radical (unpaired) electrons. The van der Waals surface area contributed by atoms with Gasteiger partial charge in [0.25, 0.3) is 5.56 Å². The average Bonchev–Trinajstić information content (AvgIpc) is 2.92. The molecule has 5 aromatic rings. The van der Waals surface area contributed by atoms with Gasteiger partial charge in [0.1, 0.15) is 5.75 Å². The van der Waals surface area contributed by atoms with Gasteiger partial charge in [-0.25, -0.2) is 27.3 Å². The molecule has 0 unspecified atom stereocenters. The van der Waals surface area contributed by atoms with E-state index in [1.807, 2.05) is 0 Å². The molecule has 39 heavy (non-hydrogen) atoms. The van der Waals surface area contributed by atoms with Crippen molar-refractivity contribution in [2.75, 3.05) is 12.4 Å². The zero-order chi connectivity index (χ0) is 27.7. The molecule has 0 aliphatic carbocycles. The number of nitrogens with one attached hydrogen (secondary N) is 2. The Morgan fingerprint density at radius 2 is 1.59 bits per heavy atom. The second-order valence-electron chi connectivity index (χ2n) is 8.61. The van der Waals surface area contributed by atoms with E-state index in [1.165, 1.54) is 7.11 Å². The van der Waals surface area contributed by atoms with Gasteiger partial charge in [-0.3, -0.25) is 9.36 Å². The normalized spacial score (nSPS) is 11.1. The van der Waals surface area contributed by atoms with E-state index in [2.05, 4.69) is 15.3 Å². The SMILES string of the molecule is COc1ccc(Nc2nc(=O)n(Cc3cc4ccccc4[nH]c3=O)c(=O)n2Cc2cc(F)c(F)c(F)c2)cc1. The number of H-pyrrole nitrogens is 1. The van der Waals surface area contributed by atoms with E-state index in [-0.39, 0.29) is 17.1 Å². The lowest BCUT2D eigenvalue weighted by Gasteiger charge is -2.16. The van der Waals surface area contributed by atoms with E-state index in [0.29, 0.717) is 22.3 Å². The summed E-state index contributed by atoms with van der Waals surface area (Å²) in [5, 5.41) is 3.53. The van der Waals surface area contributed by atoms with Crippen LogP contribution in [0.1, 0.15) is 11.1 Å². The third-order valence-corrected chi connectivity index (χ3v) is 6.04. The van der Waals surface area contributed by atoms with Gasteiger partial charge in [0.2, 0.25) is 5.95 Å². The van der Waals surface area contributed by atoms with E-state index in [9.17, 15) is 27.6 Å². The Hall–Kier alpha value is -5.13. The van der Waals surface area contributed by atoms with Crippen molar-refractivity contribution in [2.45, 2.75) is 13.1 Å². The zero-order valence-electron chi connectivity index (χ0n) is 20.4. The number of halogens is 3. The number of aromatic amines is 1. The highest BCUT2D eigenvalue weighted by atomic mass is 19.2. The van der Waals surface area contributed by atoms with Crippen LogP contribution in [0, 0.1) is 17.5 Å². The number of ether oxygens (including phenoxy) is 1. The molecule has 2 N–H and O–H groups in total. The predicted molar refractivity (Wildman–Crippen MR) is 138 cm³/mol. The minimum absolute atomic E-state index is 0.0955. The van der Waals surface area contributed by atoms with Crippen molar-refractivity contribution in [1.29, 1.82) is 0 Å². The van der Waals surface area contributed by atoms with Gasteiger partial charge in [0, 0.05) is 16.8 Å². The lowest BCUT2D eigenvalue weighted by Crippen LogP contribution is -2.43. The van der Waals surface area contributed by atoms with Crippen molar-refractivity contribution in [2.24, 2.45) is 0 Å². The lowest BCUT2D eigenvalue weighted by atomic mass is 10.1. The Morgan fingerprint density at radius 3 is 2.28 bits per heavy atom. The molecule has 0 aliphatic heterocycles. The van der Waals surface area contributed by atoms with Crippen LogP contribution in [0.25, 0.3) is 10.9 Å². The van der Waals surface area contributed by atoms with Crippen molar-refractivity contribution in [3.8, 4) is 5.75 Å². The van der Waals surface area contributed by atoms with Gasteiger partial charge in [-0.1, -0.05) is 18.2 Å². The molecule has 0 saturated carbocycles. The fourth-order valence-corrected chi connectivity index (χ4v) is 4.07. The summed E-state index contributed by atoms with van der Waals surface area (Å²) in [6.45, 7) is -0.882. The molecule has 0 spiro atoms. The average molecular weight is 535 g/mol. The largest absolute Gasteiger partial charge is 0.497 e. The molecule has 5 rings (SSSR count). The zero-order valence-corrected chi connectivity index (χ0v) is 20.4. The van der Waals surface area contributed by atoms with Crippen LogP contribution in [-0.2, 0) is 13.1 Å². The van der Waals surface area contributed by atoms with E-state index in [4.69, 9.17) is 4.74 Å². The van der Waals surface area contributed by atoms with Gasteiger partial charge in [0.05, 0.1) is 20.2 Å². The number of pyridine rings is 1. The number of anilines is 2. The maximum Gasteiger partial charge on any atom is 0.355 e. The number of hydrogen-bond donors (Lipinski definition) is 2. The van der Waals surface area contributed by atoms with Crippen LogP contribution < -0.4 is 27.0 Å². The number of hydrogen-bond acceptors (Lipinski definition) is 6. The summed E-state index contributed by atoms with van der Waals surface area (Å²) >= 11 is 0. The molecular weight excluding hydrogens is 515 g/mol. The molecule has 0 atom stereocenters. The standard InChI is InChI=1S/C27H20F3N5O4/c1-39-19-8-6-18(7-9-19)31-25-33-26(37)35(14-17-12-16-4-2-3-5-22(16)32-24(17)36)27(38)34(25)13-15-10-20(28)23(30)21(29)11-15/h2-12H,13-14H2,1H3,(H,32,36)(H,31,33,37). The van der Waals surface area contributed by atoms with Crippen LogP contribution in [0.15, 0.2) is 81.1 Å². The van der Waals surface area contributed by atoms with E-state index >= 15 is 0 Å². The second-order valence-corrected chi connectivity index (χ2v) is 8.61. The van der Waals surface area contributed by atoms with Gasteiger partial charge in [-0.2, -0.15) is 4.98 Å². The third-order valence-electron chi connectivity index (χ3n) is 6.04. The highest BCUT2D eigenvalue weighted by Gasteiger charge is 2.18. The van der Waals surface area contributed by atoms with Gasteiger partial charge < -0.3 is 15.0 Å². The quantitative estimate of drug-likeness (QED) is 0.309. The highest BCUT2D eigenvalue weighted by molar-refractivity contribution is 5.78. The van der Waals surface area contributed by atoms with Crippen LogP contribution in [-0.4, -0.2) is 26.2 Å². The molecular formula is C27H20F3N5O4. The summed E-state index contributed by atoms with van der Waals surface area (Å²) in [5.41, 5.74) is -1.35. The summed E-state index contributed by atoms with van der Waals surface area (Å²) in [6, 6.07) is 16.5. The smallest absolute Gasteiger partial charge is 0.355 e. The van der Waals surface area contributed by atoms with Crippen molar-refractivity contribution in [3.63, 3.8) is 0 Å². The van der Waals surface area contributed by atoms with Crippen LogP contribution in [0.4, 0.5) is 24.8 Å².